The van der Waals surface area contributed by atoms with Gasteiger partial charge in [-0.2, -0.15) is 5.26 Å². The van der Waals surface area contributed by atoms with Gasteiger partial charge in [0.05, 0.1) is 24.3 Å². The quantitative estimate of drug-likeness (QED) is 0.667. The van der Waals surface area contributed by atoms with Crippen LogP contribution in [0.25, 0.3) is 0 Å². The zero-order valence-electron chi connectivity index (χ0n) is 13.9. The first kappa shape index (κ1) is 16.8. The molecule has 128 valence electrons. The van der Waals surface area contributed by atoms with Gasteiger partial charge in [0, 0.05) is 31.1 Å². The topological polar surface area (TPSA) is 69.4 Å². The van der Waals surface area contributed by atoms with E-state index in [2.05, 4.69) is 15.6 Å². The second kappa shape index (κ2) is 7.67. The third-order valence-corrected chi connectivity index (χ3v) is 4.11. The van der Waals surface area contributed by atoms with Crippen molar-refractivity contribution in [1.82, 2.24) is 10.6 Å². The Bertz CT molecular complexity index is 828. The summed E-state index contributed by atoms with van der Waals surface area (Å²) in [5, 5.41) is 15.4. The van der Waals surface area contributed by atoms with E-state index >= 15 is 0 Å². The number of para-hydroxylation sites is 1. The predicted octanol–water partition coefficient (Wildman–Crippen LogP) is 2.89. The van der Waals surface area contributed by atoms with Gasteiger partial charge in [0.1, 0.15) is 11.6 Å². The van der Waals surface area contributed by atoms with E-state index in [1.165, 1.54) is 12.1 Å². The molecule has 1 unspecified atom stereocenters. The Kier molecular flexibility index (Phi) is 5.14. The van der Waals surface area contributed by atoms with Crippen LogP contribution in [0.2, 0.25) is 0 Å². The van der Waals surface area contributed by atoms with Crippen molar-refractivity contribution < 1.29 is 9.13 Å². The summed E-state index contributed by atoms with van der Waals surface area (Å²) < 4.78 is 19.5. The van der Waals surface area contributed by atoms with Crippen molar-refractivity contribution in [2.45, 2.75) is 19.0 Å². The smallest absolute Gasteiger partial charge is 0.191 e. The Balaban J connectivity index is 1.68. The lowest BCUT2D eigenvalue weighted by atomic mass is 10.0. The van der Waals surface area contributed by atoms with E-state index in [4.69, 9.17) is 10.00 Å². The molecule has 2 aromatic carbocycles. The zero-order valence-corrected chi connectivity index (χ0v) is 13.9. The van der Waals surface area contributed by atoms with Gasteiger partial charge in [0.25, 0.3) is 0 Å². The standard InChI is InChI=1S/C19H19FN4O/c1-22-19(23-12-14-10-13(11-21)6-7-16(14)20)24-17-8-9-25-18-5-3-2-4-15(17)18/h2-7,10,17H,8-9,12H2,1H3,(H2,22,23,24). The van der Waals surface area contributed by atoms with Crippen LogP contribution in [0.1, 0.15) is 29.2 Å². The summed E-state index contributed by atoms with van der Waals surface area (Å²) in [6.45, 7) is 0.871. The molecular formula is C19H19FN4O. The Labute approximate surface area is 146 Å². The highest BCUT2D eigenvalue weighted by Gasteiger charge is 2.21. The fraction of sp³-hybridized carbons (Fsp3) is 0.263. The Hall–Kier alpha value is -3.07. The van der Waals surface area contributed by atoms with Gasteiger partial charge in [-0.15, -0.1) is 0 Å². The van der Waals surface area contributed by atoms with Crippen LogP contribution < -0.4 is 15.4 Å². The first-order chi connectivity index (χ1) is 12.2. The van der Waals surface area contributed by atoms with Gasteiger partial charge in [-0.25, -0.2) is 4.39 Å². The number of guanidine groups is 1. The van der Waals surface area contributed by atoms with E-state index in [0.29, 0.717) is 23.7 Å². The molecule has 0 radical (unpaired) electrons. The third kappa shape index (κ3) is 3.89. The highest BCUT2D eigenvalue weighted by atomic mass is 19.1. The summed E-state index contributed by atoms with van der Waals surface area (Å²) in [4.78, 5) is 4.21. The number of hydrogen-bond acceptors (Lipinski definition) is 3. The predicted molar refractivity (Wildman–Crippen MR) is 93.7 cm³/mol. The number of ether oxygens (including phenoxy) is 1. The molecule has 0 amide bonds. The molecule has 1 atom stereocenters. The molecule has 2 N–H and O–H groups in total. The second-order valence-electron chi connectivity index (χ2n) is 5.72. The van der Waals surface area contributed by atoms with Crippen LogP contribution in [0.5, 0.6) is 5.75 Å². The second-order valence-corrected chi connectivity index (χ2v) is 5.72. The van der Waals surface area contributed by atoms with Crippen LogP contribution in [0.4, 0.5) is 4.39 Å². The molecule has 6 heteroatoms. The third-order valence-electron chi connectivity index (χ3n) is 4.11. The number of nitriles is 1. The molecule has 2 aromatic rings. The summed E-state index contributed by atoms with van der Waals surface area (Å²) >= 11 is 0. The molecule has 3 rings (SSSR count). The van der Waals surface area contributed by atoms with Crippen LogP contribution in [0.3, 0.4) is 0 Å². The fourth-order valence-corrected chi connectivity index (χ4v) is 2.81. The summed E-state index contributed by atoms with van der Waals surface area (Å²) in [7, 11) is 1.67. The molecular weight excluding hydrogens is 319 g/mol. The number of nitrogens with zero attached hydrogens (tertiary/aromatic N) is 2. The van der Waals surface area contributed by atoms with E-state index < -0.39 is 0 Å². The van der Waals surface area contributed by atoms with Crippen LogP contribution in [0, 0.1) is 17.1 Å². The molecule has 0 aliphatic carbocycles. The molecule has 0 spiro atoms. The average molecular weight is 338 g/mol. The van der Waals surface area contributed by atoms with Gasteiger partial charge >= 0.3 is 0 Å². The highest BCUT2D eigenvalue weighted by Crippen LogP contribution is 2.31. The number of benzene rings is 2. The Morgan fingerprint density at radius 3 is 3.00 bits per heavy atom. The van der Waals surface area contributed by atoms with E-state index in [1.807, 2.05) is 30.3 Å². The maximum Gasteiger partial charge on any atom is 0.191 e. The van der Waals surface area contributed by atoms with Gasteiger partial charge in [0.2, 0.25) is 0 Å². The number of fused-ring (bicyclic) bond motifs is 1. The van der Waals surface area contributed by atoms with Crippen LogP contribution >= 0.6 is 0 Å². The SMILES string of the molecule is CN=C(NCc1cc(C#N)ccc1F)NC1CCOc2ccccc21. The Morgan fingerprint density at radius 1 is 1.36 bits per heavy atom. The molecule has 0 bridgehead atoms. The van der Waals surface area contributed by atoms with Gasteiger partial charge in [0.15, 0.2) is 5.96 Å². The first-order valence-electron chi connectivity index (χ1n) is 8.08. The lowest BCUT2D eigenvalue weighted by Crippen LogP contribution is -2.40. The van der Waals surface area contributed by atoms with E-state index in [1.54, 1.807) is 13.1 Å². The lowest BCUT2D eigenvalue weighted by Gasteiger charge is -2.28. The number of halogens is 1. The van der Waals surface area contributed by atoms with Crippen molar-refractivity contribution in [2.24, 2.45) is 4.99 Å². The molecule has 25 heavy (non-hydrogen) atoms. The zero-order chi connectivity index (χ0) is 17.6. The molecule has 1 heterocycles. The lowest BCUT2D eigenvalue weighted by molar-refractivity contribution is 0.261. The largest absolute Gasteiger partial charge is 0.493 e. The van der Waals surface area contributed by atoms with E-state index in [9.17, 15) is 4.39 Å². The maximum atomic E-state index is 13.9. The van der Waals surface area contributed by atoms with Crippen molar-refractivity contribution in [3.8, 4) is 11.8 Å². The summed E-state index contributed by atoms with van der Waals surface area (Å²) in [5.74, 6) is 1.09. The normalized spacial score (nSPS) is 16.4. The molecule has 0 saturated heterocycles. The number of hydrogen-bond donors (Lipinski definition) is 2. The van der Waals surface area contributed by atoms with Gasteiger partial charge in [-0.3, -0.25) is 4.99 Å². The number of aliphatic imine (C=N–C) groups is 1. The molecule has 0 fully saturated rings. The summed E-state index contributed by atoms with van der Waals surface area (Å²) in [6.07, 6.45) is 0.815. The van der Waals surface area contributed by atoms with Crippen molar-refractivity contribution in [3.05, 3.63) is 65.0 Å². The van der Waals surface area contributed by atoms with Gasteiger partial charge < -0.3 is 15.4 Å². The number of rotatable bonds is 3. The van der Waals surface area contributed by atoms with Crippen molar-refractivity contribution >= 4 is 5.96 Å². The molecule has 1 aliphatic heterocycles. The number of nitrogens with one attached hydrogen (secondary N) is 2. The highest BCUT2D eigenvalue weighted by molar-refractivity contribution is 5.80. The summed E-state index contributed by atoms with van der Waals surface area (Å²) in [5.41, 5.74) is 1.93. The van der Waals surface area contributed by atoms with Crippen molar-refractivity contribution in [1.29, 1.82) is 5.26 Å². The monoisotopic (exact) mass is 338 g/mol. The maximum absolute atomic E-state index is 13.9. The molecule has 0 saturated carbocycles. The average Bonchev–Trinajstić information content (AvgIpc) is 2.66. The fourth-order valence-electron chi connectivity index (χ4n) is 2.81. The summed E-state index contributed by atoms with van der Waals surface area (Å²) in [6, 6.07) is 14.3. The van der Waals surface area contributed by atoms with Crippen LogP contribution in [-0.4, -0.2) is 19.6 Å². The van der Waals surface area contributed by atoms with Crippen LogP contribution in [-0.2, 0) is 6.54 Å². The minimum absolute atomic E-state index is 0.0754. The van der Waals surface area contributed by atoms with Crippen molar-refractivity contribution in [3.63, 3.8) is 0 Å². The van der Waals surface area contributed by atoms with E-state index in [-0.39, 0.29) is 18.4 Å². The van der Waals surface area contributed by atoms with Gasteiger partial charge in [-0.05, 0) is 24.3 Å². The Morgan fingerprint density at radius 2 is 2.20 bits per heavy atom. The molecule has 0 aromatic heterocycles. The first-order valence-corrected chi connectivity index (χ1v) is 8.08. The van der Waals surface area contributed by atoms with Crippen LogP contribution in [0.15, 0.2) is 47.5 Å². The molecule has 5 nitrogen and oxygen atoms in total. The minimum atomic E-state index is -0.349. The van der Waals surface area contributed by atoms with Gasteiger partial charge in [-0.1, -0.05) is 18.2 Å². The molecule has 1 aliphatic rings. The van der Waals surface area contributed by atoms with Crippen molar-refractivity contribution in [2.75, 3.05) is 13.7 Å². The van der Waals surface area contributed by atoms with E-state index in [0.717, 1.165) is 17.7 Å². The minimum Gasteiger partial charge on any atom is -0.493 e.